The van der Waals surface area contributed by atoms with Gasteiger partial charge < -0.3 is 15.4 Å². The van der Waals surface area contributed by atoms with Gasteiger partial charge in [-0.25, -0.2) is 4.79 Å². The van der Waals surface area contributed by atoms with Crippen LogP contribution < -0.4 is 15.4 Å². The van der Waals surface area contributed by atoms with Gasteiger partial charge in [-0.1, -0.05) is 24.3 Å². The average molecular weight is 312 g/mol. The molecular weight excluding hydrogens is 292 g/mol. The molecule has 0 spiro atoms. The minimum atomic E-state index is -0.325. The smallest absolute Gasteiger partial charge is 0.319 e. The lowest BCUT2D eigenvalue weighted by atomic mass is 10.1. The van der Waals surface area contributed by atoms with Crippen molar-refractivity contribution in [3.05, 3.63) is 59.7 Å². The molecule has 0 aliphatic heterocycles. The maximum Gasteiger partial charge on any atom is 0.319 e. The number of hydrogen-bond donors (Lipinski definition) is 2. The number of rotatable bonds is 5. The zero-order chi connectivity index (χ0) is 16.8. The lowest BCUT2D eigenvalue weighted by Crippen LogP contribution is -2.31. The van der Waals surface area contributed by atoms with E-state index in [9.17, 15) is 9.59 Å². The van der Waals surface area contributed by atoms with Crippen LogP contribution in [-0.2, 0) is 0 Å². The SMILES string of the molecule is COc1ccc([C@H](C)NC(=O)Nc2cccc(C(C)=O)c2)cc1. The fraction of sp³-hybridized carbons (Fsp3) is 0.222. The highest BCUT2D eigenvalue weighted by Crippen LogP contribution is 2.17. The lowest BCUT2D eigenvalue weighted by molar-refractivity contribution is 0.101. The van der Waals surface area contributed by atoms with E-state index in [4.69, 9.17) is 4.74 Å². The van der Waals surface area contributed by atoms with Crippen LogP contribution in [0.1, 0.15) is 35.8 Å². The normalized spacial score (nSPS) is 11.4. The lowest BCUT2D eigenvalue weighted by Gasteiger charge is -2.15. The van der Waals surface area contributed by atoms with Crippen LogP contribution in [0.3, 0.4) is 0 Å². The van der Waals surface area contributed by atoms with Crippen molar-refractivity contribution in [2.75, 3.05) is 12.4 Å². The molecule has 0 saturated heterocycles. The van der Waals surface area contributed by atoms with Gasteiger partial charge in [0.1, 0.15) is 5.75 Å². The fourth-order valence-corrected chi connectivity index (χ4v) is 2.16. The summed E-state index contributed by atoms with van der Waals surface area (Å²) in [7, 11) is 1.61. The highest BCUT2D eigenvalue weighted by molar-refractivity contribution is 5.96. The van der Waals surface area contributed by atoms with Crippen molar-refractivity contribution in [3.63, 3.8) is 0 Å². The topological polar surface area (TPSA) is 67.4 Å². The molecule has 1 atom stereocenters. The van der Waals surface area contributed by atoms with E-state index in [1.165, 1.54) is 6.92 Å². The largest absolute Gasteiger partial charge is 0.497 e. The molecule has 2 aromatic carbocycles. The van der Waals surface area contributed by atoms with Gasteiger partial charge in [-0.3, -0.25) is 4.79 Å². The quantitative estimate of drug-likeness (QED) is 0.826. The number of carbonyl (C=O) groups is 2. The number of carbonyl (C=O) groups excluding carboxylic acids is 2. The van der Waals surface area contributed by atoms with E-state index in [0.717, 1.165) is 11.3 Å². The molecule has 0 aromatic heterocycles. The molecular formula is C18H20N2O3. The van der Waals surface area contributed by atoms with Crippen molar-refractivity contribution < 1.29 is 14.3 Å². The molecule has 0 fully saturated rings. The van der Waals surface area contributed by atoms with Gasteiger partial charge in [0, 0.05) is 11.3 Å². The number of methoxy groups -OCH3 is 1. The molecule has 0 bridgehead atoms. The van der Waals surface area contributed by atoms with Gasteiger partial charge >= 0.3 is 6.03 Å². The Morgan fingerprint density at radius 1 is 1.09 bits per heavy atom. The molecule has 0 aliphatic rings. The third kappa shape index (κ3) is 4.57. The monoisotopic (exact) mass is 312 g/mol. The molecule has 2 N–H and O–H groups in total. The third-order valence-corrected chi connectivity index (χ3v) is 3.49. The molecule has 0 radical (unpaired) electrons. The zero-order valence-corrected chi connectivity index (χ0v) is 13.4. The summed E-state index contributed by atoms with van der Waals surface area (Å²) in [6.45, 7) is 3.39. The number of ether oxygens (including phenoxy) is 1. The van der Waals surface area contributed by atoms with Crippen LogP contribution in [-0.4, -0.2) is 18.9 Å². The first-order chi connectivity index (χ1) is 11.0. The Labute approximate surface area is 135 Å². The molecule has 0 unspecified atom stereocenters. The van der Waals surface area contributed by atoms with E-state index in [0.29, 0.717) is 11.3 Å². The first kappa shape index (κ1) is 16.5. The summed E-state index contributed by atoms with van der Waals surface area (Å²) in [6.07, 6.45) is 0. The van der Waals surface area contributed by atoms with Crippen LogP contribution in [0.25, 0.3) is 0 Å². The Balaban J connectivity index is 1.98. The summed E-state index contributed by atoms with van der Waals surface area (Å²) in [5.74, 6) is 0.729. The summed E-state index contributed by atoms with van der Waals surface area (Å²) in [5, 5.41) is 5.59. The van der Waals surface area contributed by atoms with Crippen molar-refractivity contribution in [2.24, 2.45) is 0 Å². The summed E-state index contributed by atoms with van der Waals surface area (Å²) < 4.78 is 5.11. The van der Waals surface area contributed by atoms with Gasteiger partial charge in [0.15, 0.2) is 5.78 Å². The predicted molar refractivity (Wildman–Crippen MR) is 90.0 cm³/mol. The maximum absolute atomic E-state index is 12.1. The minimum Gasteiger partial charge on any atom is -0.497 e. The number of hydrogen-bond acceptors (Lipinski definition) is 3. The van der Waals surface area contributed by atoms with Crippen LogP contribution in [0, 0.1) is 0 Å². The molecule has 2 rings (SSSR count). The maximum atomic E-state index is 12.1. The van der Waals surface area contributed by atoms with Gasteiger partial charge in [-0.05, 0) is 43.7 Å². The number of benzene rings is 2. The second-order valence-electron chi connectivity index (χ2n) is 5.23. The minimum absolute atomic E-state index is 0.0411. The highest BCUT2D eigenvalue weighted by Gasteiger charge is 2.10. The van der Waals surface area contributed by atoms with Gasteiger partial charge in [0.2, 0.25) is 0 Å². The third-order valence-electron chi connectivity index (χ3n) is 3.49. The van der Waals surface area contributed by atoms with E-state index in [1.54, 1.807) is 31.4 Å². The van der Waals surface area contributed by atoms with Crippen molar-refractivity contribution in [1.82, 2.24) is 5.32 Å². The Bertz CT molecular complexity index is 696. The average Bonchev–Trinajstić information content (AvgIpc) is 2.55. The van der Waals surface area contributed by atoms with Crippen molar-refractivity contribution in [2.45, 2.75) is 19.9 Å². The second kappa shape index (κ2) is 7.45. The van der Waals surface area contributed by atoms with E-state index >= 15 is 0 Å². The highest BCUT2D eigenvalue weighted by atomic mass is 16.5. The Morgan fingerprint density at radius 3 is 2.39 bits per heavy atom. The number of nitrogens with one attached hydrogen (secondary N) is 2. The Morgan fingerprint density at radius 2 is 1.78 bits per heavy atom. The molecule has 5 nitrogen and oxygen atoms in total. The summed E-state index contributed by atoms with van der Waals surface area (Å²) in [6, 6.07) is 13.9. The van der Waals surface area contributed by atoms with E-state index in [1.807, 2.05) is 31.2 Å². The Kier molecular flexibility index (Phi) is 5.36. The molecule has 0 heterocycles. The number of ketones is 1. The van der Waals surface area contributed by atoms with E-state index < -0.39 is 0 Å². The number of anilines is 1. The molecule has 2 amide bonds. The number of urea groups is 1. The molecule has 2 aromatic rings. The first-order valence-corrected chi connectivity index (χ1v) is 7.32. The number of Topliss-reactive ketones (excluding diaryl/α,β-unsaturated/α-hetero) is 1. The van der Waals surface area contributed by atoms with Crippen LogP contribution in [0.15, 0.2) is 48.5 Å². The summed E-state index contributed by atoms with van der Waals surface area (Å²) >= 11 is 0. The van der Waals surface area contributed by atoms with Crippen molar-refractivity contribution in [3.8, 4) is 5.75 Å². The van der Waals surface area contributed by atoms with Gasteiger partial charge in [-0.15, -0.1) is 0 Å². The molecule has 0 aliphatic carbocycles. The molecule has 23 heavy (non-hydrogen) atoms. The zero-order valence-electron chi connectivity index (χ0n) is 13.4. The molecule has 120 valence electrons. The Hall–Kier alpha value is -2.82. The fourth-order valence-electron chi connectivity index (χ4n) is 2.16. The van der Waals surface area contributed by atoms with E-state index in [-0.39, 0.29) is 17.9 Å². The standard InChI is InChI=1S/C18H20N2O3/c1-12(14-7-9-17(23-3)10-8-14)19-18(22)20-16-6-4-5-15(11-16)13(2)21/h4-12H,1-3H3,(H2,19,20,22)/t12-/m0/s1. The van der Waals surface area contributed by atoms with Gasteiger partial charge in [-0.2, -0.15) is 0 Å². The molecule has 5 heteroatoms. The summed E-state index contributed by atoms with van der Waals surface area (Å²) in [4.78, 5) is 23.4. The first-order valence-electron chi connectivity index (χ1n) is 7.32. The van der Waals surface area contributed by atoms with Crippen LogP contribution in [0.2, 0.25) is 0 Å². The number of amides is 2. The van der Waals surface area contributed by atoms with Gasteiger partial charge in [0.25, 0.3) is 0 Å². The van der Waals surface area contributed by atoms with Gasteiger partial charge in [0.05, 0.1) is 13.2 Å². The second-order valence-corrected chi connectivity index (χ2v) is 5.23. The molecule has 0 saturated carbocycles. The summed E-state index contributed by atoms with van der Waals surface area (Å²) in [5.41, 5.74) is 2.11. The van der Waals surface area contributed by atoms with Crippen molar-refractivity contribution in [1.29, 1.82) is 0 Å². The van der Waals surface area contributed by atoms with Crippen molar-refractivity contribution >= 4 is 17.5 Å². The van der Waals surface area contributed by atoms with Crippen LogP contribution in [0.5, 0.6) is 5.75 Å². The van der Waals surface area contributed by atoms with Crippen LogP contribution >= 0.6 is 0 Å². The van der Waals surface area contributed by atoms with E-state index in [2.05, 4.69) is 10.6 Å². The van der Waals surface area contributed by atoms with Crippen LogP contribution in [0.4, 0.5) is 10.5 Å². The predicted octanol–water partition coefficient (Wildman–Crippen LogP) is 3.78.